The number of nitriles is 1. The highest BCUT2D eigenvalue weighted by molar-refractivity contribution is 4.77. The zero-order valence-electron chi connectivity index (χ0n) is 11.5. The summed E-state index contributed by atoms with van der Waals surface area (Å²) in [6.07, 6.45) is 4.74. The first-order chi connectivity index (χ1) is 7.74. The van der Waals surface area contributed by atoms with E-state index in [-0.39, 0.29) is 0 Å². The van der Waals surface area contributed by atoms with Gasteiger partial charge in [0, 0.05) is 19.5 Å². The number of hydrogen-bond donors (Lipinski definition) is 0. The summed E-state index contributed by atoms with van der Waals surface area (Å²) in [4.78, 5) is 2.47. The van der Waals surface area contributed by atoms with E-state index in [1.54, 1.807) is 0 Å². The minimum Gasteiger partial charge on any atom is -0.302 e. The van der Waals surface area contributed by atoms with Crippen LogP contribution in [0.2, 0.25) is 0 Å². The highest BCUT2D eigenvalue weighted by Gasteiger charge is 2.19. The van der Waals surface area contributed by atoms with E-state index in [2.05, 4.69) is 24.8 Å². The minimum absolute atomic E-state index is 0.685. The fraction of sp³-hybridized carbons (Fsp3) is 0.929. The van der Waals surface area contributed by atoms with Crippen molar-refractivity contribution in [3.8, 4) is 6.07 Å². The molecule has 94 valence electrons. The molecule has 1 aliphatic heterocycles. The van der Waals surface area contributed by atoms with Crippen LogP contribution in [0.4, 0.5) is 0 Å². The molecule has 0 aromatic heterocycles. The molecule has 1 heterocycles. The molecule has 0 aromatic carbocycles. The first-order valence-corrected chi connectivity index (χ1v) is 6.83. The van der Waals surface area contributed by atoms with Crippen LogP contribution in [-0.4, -0.2) is 24.5 Å². The lowest BCUT2D eigenvalue weighted by molar-refractivity contribution is 0.222. The van der Waals surface area contributed by atoms with Crippen LogP contribution in [0.5, 0.6) is 0 Å². The van der Waals surface area contributed by atoms with E-state index in [0.29, 0.717) is 6.42 Å². The van der Waals surface area contributed by atoms with Crippen LogP contribution in [0.15, 0.2) is 0 Å². The van der Waals surface area contributed by atoms with Crippen molar-refractivity contribution < 1.29 is 0 Å². The molecular weight excluding hydrogens is 196 g/mol. The third-order valence-electron chi connectivity index (χ3n) is 3.27. The van der Waals surface area contributed by atoms with Gasteiger partial charge in [-0.05, 0) is 31.2 Å². The van der Waals surface area contributed by atoms with Crippen LogP contribution in [0, 0.1) is 23.2 Å². The van der Waals surface area contributed by atoms with Gasteiger partial charge in [-0.3, -0.25) is 0 Å². The average molecular weight is 224 g/mol. The normalized spacial score (nSPS) is 21.9. The highest BCUT2D eigenvalue weighted by Crippen LogP contribution is 2.23. The van der Waals surface area contributed by atoms with E-state index in [4.69, 9.17) is 5.26 Å². The topological polar surface area (TPSA) is 27.0 Å². The Labute approximate surface area is 102 Å². The van der Waals surface area contributed by atoms with Crippen molar-refractivity contribution in [1.29, 1.82) is 5.26 Å². The zero-order chi connectivity index (χ0) is 12.4. The van der Waals surface area contributed by atoms with Crippen LogP contribution in [0.3, 0.4) is 0 Å². The Balaban J connectivity index is 0.00000106. The Bertz CT molecular complexity index is 193. The Kier molecular flexibility index (Phi) is 9.33. The molecule has 2 nitrogen and oxygen atoms in total. The standard InChI is InChI=1S/C12H22N2.C2H6/c1-11(2)12-6-3-4-8-14(10-12)9-5-7-13;1-2/h11-12H,3-6,8-10H2,1-2H3;1-2H3. The lowest BCUT2D eigenvalue weighted by Crippen LogP contribution is -2.31. The minimum atomic E-state index is 0.685. The second-order valence-electron chi connectivity index (χ2n) is 4.71. The third-order valence-corrected chi connectivity index (χ3v) is 3.27. The van der Waals surface area contributed by atoms with Gasteiger partial charge in [0.1, 0.15) is 0 Å². The van der Waals surface area contributed by atoms with Gasteiger partial charge in [0.05, 0.1) is 6.07 Å². The molecule has 0 spiro atoms. The van der Waals surface area contributed by atoms with E-state index < -0.39 is 0 Å². The summed E-state index contributed by atoms with van der Waals surface area (Å²) >= 11 is 0. The maximum atomic E-state index is 8.57. The van der Waals surface area contributed by atoms with Gasteiger partial charge < -0.3 is 4.90 Å². The van der Waals surface area contributed by atoms with Gasteiger partial charge in [0.25, 0.3) is 0 Å². The molecule has 0 saturated carbocycles. The number of rotatable bonds is 3. The largest absolute Gasteiger partial charge is 0.302 e. The number of likely N-dealkylation sites (tertiary alicyclic amines) is 1. The molecule has 1 rings (SSSR count). The van der Waals surface area contributed by atoms with Gasteiger partial charge in [-0.1, -0.05) is 34.1 Å². The molecule has 0 aromatic rings. The molecule has 0 radical (unpaired) electrons. The molecule has 0 amide bonds. The van der Waals surface area contributed by atoms with Gasteiger partial charge in [-0.15, -0.1) is 0 Å². The second-order valence-corrected chi connectivity index (χ2v) is 4.71. The van der Waals surface area contributed by atoms with Crippen LogP contribution in [-0.2, 0) is 0 Å². The van der Waals surface area contributed by atoms with Gasteiger partial charge in [0.15, 0.2) is 0 Å². The van der Waals surface area contributed by atoms with Gasteiger partial charge in [0.2, 0.25) is 0 Å². The molecule has 0 N–H and O–H groups in total. The zero-order valence-corrected chi connectivity index (χ0v) is 11.5. The van der Waals surface area contributed by atoms with Crippen LogP contribution in [0.25, 0.3) is 0 Å². The molecule has 1 unspecified atom stereocenters. The van der Waals surface area contributed by atoms with Crippen molar-refractivity contribution >= 4 is 0 Å². The van der Waals surface area contributed by atoms with Crippen molar-refractivity contribution in [2.24, 2.45) is 11.8 Å². The summed E-state index contributed by atoms with van der Waals surface area (Å²) < 4.78 is 0. The van der Waals surface area contributed by atoms with Crippen LogP contribution >= 0.6 is 0 Å². The molecule has 16 heavy (non-hydrogen) atoms. The van der Waals surface area contributed by atoms with E-state index in [0.717, 1.165) is 18.4 Å². The SMILES string of the molecule is CC.CC(C)C1CCCCN(CCC#N)C1. The predicted octanol–water partition coefficient (Wildman–Crippen LogP) is 3.68. The fourth-order valence-corrected chi connectivity index (χ4v) is 2.21. The van der Waals surface area contributed by atoms with E-state index in [1.807, 2.05) is 13.8 Å². The smallest absolute Gasteiger partial charge is 0.0635 e. The lowest BCUT2D eigenvalue weighted by atomic mass is 9.91. The predicted molar refractivity (Wildman–Crippen MR) is 70.2 cm³/mol. The van der Waals surface area contributed by atoms with Crippen molar-refractivity contribution in [3.63, 3.8) is 0 Å². The fourth-order valence-electron chi connectivity index (χ4n) is 2.21. The summed E-state index contributed by atoms with van der Waals surface area (Å²) in [5, 5.41) is 8.57. The molecule has 1 aliphatic rings. The van der Waals surface area contributed by atoms with Crippen molar-refractivity contribution in [3.05, 3.63) is 0 Å². The Hall–Kier alpha value is -0.550. The molecule has 0 bridgehead atoms. The molecule has 1 atom stereocenters. The molecule has 0 aliphatic carbocycles. The summed E-state index contributed by atoms with van der Waals surface area (Å²) in [6.45, 7) is 12.0. The van der Waals surface area contributed by atoms with E-state index >= 15 is 0 Å². The lowest BCUT2D eigenvalue weighted by Gasteiger charge is -2.25. The summed E-state index contributed by atoms with van der Waals surface area (Å²) in [5.74, 6) is 1.63. The van der Waals surface area contributed by atoms with E-state index in [9.17, 15) is 0 Å². The van der Waals surface area contributed by atoms with Crippen molar-refractivity contribution in [2.45, 2.75) is 53.4 Å². The van der Waals surface area contributed by atoms with Crippen molar-refractivity contribution in [2.75, 3.05) is 19.6 Å². The highest BCUT2D eigenvalue weighted by atomic mass is 15.1. The Morgan fingerprint density at radius 1 is 1.31 bits per heavy atom. The first kappa shape index (κ1) is 15.4. The Morgan fingerprint density at radius 2 is 2.00 bits per heavy atom. The second kappa shape index (κ2) is 9.66. The molecular formula is C14H28N2. The van der Waals surface area contributed by atoms with Gasteiger partial charge in [-0.25, -0.2) is 0 Å². The first-order valence-electron chi connectivity index (χ1n) is 6.83. The third kappa shape index (κ3) is 6.12. The van der Waals surface area contributed by atoms with Crippen LogP contribution < -0.4 is 0 Å². The maximum absolute atomic E-state index is 8.57. The van der Waals surface area contributed by atoms with Crippen molar-refractivity contribution in [1.82, 2.24) is 4.90 Å². The molecule has 2 heteroatoms. The quantitative estimate of drug-likeness (QED) is 0.731. The average Bonchev–Trinajstić information content (AvgIpc) is 2.54. The maximum Gasteiger partial charge on any atom is 0.0635 e. The summed E-state index contributed by atoms with van der Waals surface area (Å²) in [7, 11) is 0. The molecule has 1 fully saturated rings. The summed E-state index contributed by atoms with van der Waals surface area (Å²) in [5.41, 5.74) is 0. The van der Waals surface area contributed by atoms with Gasteiger partial charge >= 0.3 is 0 Å². The molecule has 1 saturated heterocycles. The monoisotopic (exact) mass is 224 g/mol. The Morgan fingerprint density at radius 3 is 2.56 bits per heavy atom. The van der Waals surface area contributed by atoms with Crippen LogP contribution in [0.1, 0.15) is 53.4 Å². The van der Waals surface area contributed by atoms with Gasteiger partial charge in [-0.2, -0.15) is 5.26 Å². The number of nitrogens with zero attached hydrogens (tertiary/aromatic N) is 2. The summed E-state index contributed by atoms with van der Waals surface area (Å²) in [6, 6.07) is 2.24. The number of hydrogen-bond acceptors (Lipinski definition) is 2. The van der Waals surface area contributed by atoms with E-state index in [1.165, 1.54) is 32.4 Å².